The van der Waals surface area contributed by atoms with Gasteiger partial charge in [-0.25, -0.2) is 4.79 Å². The molecule has 1 aliphatic heterocycles. The molecule has 2 heterocycles. The summed E-state index contributed by atoms with van der Waals surface area (Å²) in [5.41, 5.74) is 2.33. The molecule has 1 aromatic heterocycles. The molecular formula is C19H23NO3. The van der Waals surface area contributed by atoms with E-state index in [-0.39, 0.29) is 18.0 Å². The van der Waals surface area contributed by atoms with Crippen molar-refractivity contribution in [3.05, 3.63) is 41.6 Å². The van der Waals surface area contributed by atoms with E-state index in [1.807, 2.05) is 30.3 Å². The third-order valence-electron chi connectivity index (χ3n) is 4.22. The highest BCUT2D eigenvalue weighted by atomic mass is 16.6. The highest BCUT2D eigenvalue weighted by molar-refractivity contribution is 6.03. The lowest BCUT2D eigenvalue weighted by atomic mass is 10.0. The van der Waals surface area contributed by atoms with Crippen LogP contribution in [0.15, 0.2) is 30.3 Å². The number of carbonyl (C=O) groups excluding carboxylic acids is 1. The van der Waals surface area contributed by atoms with Crippen LogP contribution in [0.4, 0.5) is 0 Å². The van der Waals surface area contributed by atoms with Crippen LogP contribution in [0.25, 0.3) is 10.9 Å². The van der Waals surface area contributed by atoms with Crippen molar-refractivity contribution >= 4 is 16.9 Å². The van der Waals surface area contributed by atoms with Crippen molar-refractivity contribution in [3.8, 4) is 0 Å². The number of ether oxygens (including phenoxy) is 2. The van der Waals surface area contributed by atoms with Gasteiger partial charge < -0.3 is 9.47 Å². The van der Waals surface area contributed by atoms with Crippen molar-refractivity contribution in [3.63, 3.8) is 0 Å². The van der Waals surface area contributed by atoms with Gasteiger partial charge in [-0.3, -0.25) is 4.98 Å². The average molecular weight is 313 g/mol. The lowest BCUT2D eigenvalue weighted by molar-refractivity contribution is -0.0299. The predicted molar refractivity (Wildman–Crippen MR) is 89.7 cm³/mol. The Morgan fingerprint density at radius 3 is 2.91 bits per heavy atom. The van der Waals surface area contributed by atoms with Gasteiger partial charge in [-0.2, -0.15) is 0 Å². The molecule has 0 saturated carbocycles. The standard InChI is InChI=1S/C19H23NO3/c1-13(2)18-11-16(15-8-3-4-9-17(15)20-18)19(21)23-12-14-7-5-6-10-22-14/h3-4,8-9,11,13-14H,5-7,10,12H2,1-2H3. The second kappa shape index (κ2) is 7.09. The Hall–Kier alpha value is -1.94. The number of rotatable bonds is 4. The Morgan fingerprint density at radius 2 is 2.17 bits per heavy atom. The van der Waals surface area contributed by atoms with Crippen LogP contribution < -0.4 is 0 Å². The van der Waals surface area contributed by atoms with E-state index in [1.165, 1.54) is 0 Å². The van der Waals surface area contributed by atoms with E-state index in [1.54, 1.807) is 0 Å². The maximum absolute atomic E-state index is 12.6. The molecule has 2 aromatic rings. The van der Waals surface area contributed by atoms with E-state index in [4.69, 9.17) is 9.47 Å². The molecule has 0 N–H and O–H groups in total. The first kappa shape index (κ1) is 15.9. The summed E-state index contributed by atoms with van der Waals surface area (Å²) in [5.74, 6) is -0.0347. The van der Waals surface area contributed by atoms with Gasteiger partial charge in [0.05, 0.1) is 17.2 Å². The first-order chi connectivity index (χ1) is 11.1. The Bertz CT molecular complexity index is 690. The fraction of sp³-hybridized carbons (Fsp3) is 0.474. The van der Waals surface area contributed by atoms with Crippen molar-refractivity contribution in [2.24, 2.45) is 0 Å². The highest BCUT2D eigenvalue weighted by Gasteiger charge is 2.19. The molecule has 4 heteroatoms. The van der Waals surface area contributed by atoms with E-state index < -0.39 is 0 Å². The van der Waals surface area contributed by atoms with Crippen LogP contribution in [0, 0.1) is 0 Å². The molecule has 0 aliphatic carbocycles. The topological polar surface area (TPSA) is 48.4 Å². The Balaban J connectivity index is 1.83. The monoisotopic (exact) mass is 313 g/mol. The molecule has 3 rings (SSSR count). The summed E-state index contributed by atoms with van der Waals surface area (Å²) in [6, 6.07) is 9.56. The maximum Gasteiger partial charge on any atom is 0.338 e. The smallest absolute Gasteiger partial charge is 0.338 e. The zero-order chi connectivity index (χ0) is 16.2. The third-order valence-corrected chi connectivity index (χ3v) is 4.22. The molecular weight excluding hydrogens is 290 g/mol. The van der Waals surface area contributed by atoms with E-state index in [0.29, 0.717) is 12.2 Å². The van der Waals surface area contributed by atoms with Crippen molar-refractivity contribution in [2.75, 3.05) is 13.2 Å². The molecule has 122 valence electrons. The van der Waals surface area contributed by atoms with Crippen LogP contribution in [-0.4, -0.2) is 30.3 Å². The molecule has 1 fully saturated rings. The molecule has 4 nitrogen and oxygen atoms in total. The summed E-state index contributed by atoms with van der Waals surface area (Å²) in [6.07, 6.45) is 3.22. The quantitative estimate of drug-likeness (QED) is 0.798. The lowest BCUT2D eigenvalue weighted by Gasteiger charge is -2.22. The number of hydrogen-bond acceptors (Lipinski definition) is 4. The van der Waals surface area contributed by atoms with Gasteiger partial charge in [0.2, 0.25) is 0 Å². The molecule has 0 radical (unpaired) electrons. The SMILES string of the molecule is CC(C)c1cc(C(=O)OCC2CCCCO2)c2ccccc2n1. The van der Waals surface area contributed by atoms with Gasteiger partial charge in [0.15, 0.2) is 0 Å². The van der Waals surface area contributed by atoms with Gasteiger partial charge in [0.25, 0.3) is 0 Å². The molecule has 23 heavy (non-hydrogen) atoms. The van der Waals surface area contributed by atoms with E-state index in [0.717, 1.165) is 42.5 Å². The van der Waals surface area contributed by atoms with E-state index in [2.05, 4.69) is 18.8 Å². The second-order valence-corrected chi connectivity index (χ2v) is 6.35. The number of hydrogen-bond donors (Lipinski definition) is 0. The lowest BCUT2D eigenvalue weighted by Crippen LogP contribution is -2.26. The number of esters is 1. The first-order valence-corrected chi connectivity index (χ1v) is 8.33. The highest BCUT2D eigenvalue weighted by Crippen LogP contribution is 2.23. The number of benzene rings is 1. The second-order valence-electron chi connectivity index (χ2n) is 6.35. The van der Waals surface area contributed by atoms with Gasteiger partial charge in [-0.05, 0) is 37.3 Å². The molecule has 1 aliphatic rings. The zero-order valence-electron chi connectivity index (χ0n) is 13.7. The van der Waals surface area contributed by atoms with Gasteiger partial charge in [0.1, 0.15) is 6.61 Å². The van der Waals surface area contributed by atoms with Crippen molar-refractivity contribution < 1.29 is 14.3 Å². The summed E-state index contributed by atoms with van der Waals surface area (Å²) in [4.78, 5) is 17.2. The van der Waals surface area contributed by atoms with Gasteiger partial charge >= 0.3 is 5.97 Å². The molecule has 0 spiro atoms. The molecule has 1 unspecified atom stereocenters. The zero-order valence-corrected chi connectivity index (χ0v) is 13.7. The number of para-hydroxylation sites is 1. The number of pyridine rings is 1. The minimum atomic E-state index is -0.292. The fourth-order valence-electron chi connectivity index (χ4n) is 2.85. The molecule has 1 atom stereocenters. The Kier molecular flexibility index (Phi) is 4.91. The maximum atomic E-state index is 12.6. The molecule has 0 amide bonds. The van der Waals surface area contributed by atoms with Crippen molar-refractivity contribution in [1.29, 1.82) is 0 Å². The van der Waals surface area contributed by atoms with E-state index in [9.17, 15) is 4.79 Å². The van der Waals surface area contributed by atoms with Gasteiger partial charge in [-0.1, -0.05) is 32.0 Å². The summed E-state index contributed by atoms with van der Waals surface area (Å²) >= 11 is 0. The predicted octanol–water partition coefficient (Wildman–Crippen LogP) is 4.08. The molecule has 1 saturated heterocycles. The number of aromatic nitrogens is 1. The van der Waals surface area contributed by atoms with Crippen LogP contribution in [-0.2, 0) is 9.47 Å². The summed E-state index contributed by atoms with van der Waals surface area (Å²) in [7, 11) is 0. The fourth-order valence-corrected chi connectivity index (χ4v) is 2.85. The Morgan fingerprint density at radius 1 is 1.35 bits per heavy atom. The van der Waals surface area contributed by atoms with Crippen LogP contribution >= 0.6 is 0 Å². The summed E-state index contributed by atoms with van der Waals surface area (Å²) < 4.78 is 11.1. The van der Waals surface area contributed by atoms with Gasteiger partial charge in [-0.15, -0.1) is 0 Å². The number of carbonyl (C=O) groups is 1. The van der Waals surface area contributed by atoms with E-state index >= 15 is 0 Å². The average Bonchev–Trinajstić information content (AvgIpc) is 2.59. The van der Waals surface area contributed by atoms with Crippen LogP contribution in [0.3, 0.4) is 0 Å². The van der Waals surface area contributed by atoms with Crippen LogP contribution in [0.1, 0.15) is 55.1 Å². The molecule has 0 bridgehead atoms. The van der Waals surface area contributed by atoms with Gasteiger partial charge in [0, 0.05) is 17.7 Å². The summed E-state index contributed by atoms with van der Waals surface area (Å²) in [6.45, 7) is 5.23. The minimum absolute atomic E-state index is 0.0328. The number of nitrogens with zero attached hydrogens (tertiary/aromatic N) is 1. The Labute approximate surface area is 136 Å². The third kappa shape index (κ3) is 3.70. The van der Waals surface area contributed by atoms with Crippen LogP contribution in [0.2, 0.25) is 0 Å². The largest absolute Gasteiger partial charge is 0.459 e. The van der Waals surface area contributed by atoms with Crippen molar-refractivity contribution in [2.45, 2.75) is 45.1 Å². The minimum Gasteiger partial charge on any atom is -0.459 e. The van der Waals surface area contributed by atoms with Crippen molar-refractivity contribution in [1.82, 2.24) is 4.98 Å². The normalized spacial score (nSPS) is 18.3. The first-order valence-electron chi connectivity index (χ1n) is 8.33. The summed E-state index contributed by atoms with van der Waals surface area (Å²) in [5, 5.41) is 0.839. The van der Waals surface area contributed by atoms with Crippen LogP contribution in [0.5, 0.6) is 0 Å². The number of fused-ring (bicyclic) bond motifs is 1. The molecule has 1 aromatic carbocycles.